The van der Waals surface area contributed by atoms with E-state index in [4.69, 9.17) is 4.74 Å². The Hall–Kier alpha value is -4.10. The van der Waals surface area contributed by atoms with Crippen LogP contribution in [0.5, 0.6) is 5.75 Å². The van der Waals surface area contributed by atoms with E-state index in [2.05, 4.69) is 5.32 Å². The maximum Gasteiger partial charge on any atom is 0.264 e. The van der Waals surface area contributed by atoms with Crippen LogP contribution in [0.4, 0.5) is 5.69 Å². The molecule has 0 saturated heterocycles. The van der Waals surface area contributed by atoms with Crippen LogP contribution in [0.2, 0.25) is 0 Å². The van der Waals surface area contributed by atoms with E-state index in [0.29, 0.717) is 11.4 Å². The highest BCUT2D eigenvalue weighted by atomic mass is 32.2. The molecule has 0 aliphatic heterocycles. The van der Waals surface area contributed by atoms with Crippen molar-refractivity contribution >= 4 is 21.6 Å². The predicted molar refractivity (Wildman–Crippen MR) is 146 cm³/mol. The Bertz CT molecular complexity index is 1470. The standard InChI is InChI=1S/C30H30N2O4S/c1-22-11-10-14-25(19-22)30(24-12-6-4-7-13-24)31-29(33)21-32(27-20-23(2)17-18-28(27)36-3)37(34,35)26-15-8-5-9-16-26/h4-20,30H,21H2,1-3H3,(H,31,33). The summed E-state index contributed by atoms with van der Waals surface area (Å²) in [6, 6.07) is 30.4. The van der Waals surface area contributed by atoms with E-state index in [0.717, 1.165) is 26.6 Å². The molecule has 0 fully saturated rings. The van der Waals surface area contributed by atoms with Gasteiger partial charge >= 0.3 is 0 Å². The molecule has 0 radical (unpaired) electrons. The second-order valence-electron chi connectivity index (χ2n) is 8.83. The Balaban J connectivity index is 1.74. The molecule has 4 aromatic carbocycles. The van der Waals surface area contributed by atoms with E-state index in [9.17, 15) is 13.2 Å². The van der Waals surface area contributed by atoms with Gasteiger partial charge in [-0.05, 0) is 54.8 Å². The average Bonchev–Trinajstić information content (AvgIpc) is 2.91. The van der Waals surface area contributed by atoms with Crippen molar-refractivity contribution in [3.8, 4) is 5.75 Å². The van der Waals surface area contributed by atoms with Crippen LogP contribution in [0.25, 0.3) is 0 Å². The van der Waals surface area contributed by atoms with Crippen LogP contribution in [0.15, 0.2) is 108 Å². The monoisotopic (exact) mass is 514 g/mol. The Labute approximate surface area is 218 Å². The van der Waals surface area contributed by atoms with Gasteiger partial charge in [-0.25, -0.2) is 8.42 Å². The molecule has 0 bridgehead atoms. The first-order chi connectivity index (χ1) is 17.8. The topological polar surface area (TPSA) is 75.7 Å². The fourth-order valence-corrected chi connectivity index (χ4v) is 5.65. The van der Waals surface area contributed by atoms with E-state index in [1.54, 1.807) is 30.3 Å². The van der Waals surface area contributed by atoms with Gasteiger partial charge in [-0.2, -0.15) is 0 Å². The number of amides is 1. The minimum Gasteiger partial charge on any atom is -0.495 e. The van der Waals surface area contributed by atoms with E-state index in [-0.39, 0.29) is 4.90 Å². The number of anilines is 1. The van der Waals surface area contributed by atoms with Gasteiger partial charge < -0.3 is 10.1 Å². The van der Waals surface area contributed by atoms with Gasteiger partial charge in [0.25, 0.3) is 10.0 Å². The Morgan fingerprint density at radius 2 is 1.43 bits per heavy atom. The fourth-order valence-electron chi connectivity index (χ4n) is 4.21. The predicted octanol–water partition coefficient (Wildman–Crippen LogP) is 5.41. The van der Waals surface area contributed by atoms with Gasteiger partial charge in [-0.3, -0.25) is 9.10 Å². The van der Waals surface area contributed by atoms with Crippen molar-refractivity contribution in [1.29, 1.82) is 0 Å². The summed E-state index contributed by atoms with van der Waals surface area (Å²) < 4.78 is 34.2. The summed E-state index contributed by atoms with van der Waals surface area (Å²) in [5.74, 6) is -0.0883. The number of carbonyl (C=O) groups excluding carboxylic acids is 1. The number of hydrogen-bond acceptors (Lipinski definition) is 4. The number of rotatable bonds is 9. The molecule has 1 atom stereocenters. The van der Waals surface area contributed by atoms with Crippen molar-refractivity contribution in [3.05, 3.63) is 125 Å². The molecule has 4 aromatic rings. The minimum absolute atomic E-state index is 0.0876. The normalized spacial score (nSPS) is 12.0. The van der Waals surface area contributed by atoms with Crippen molar-refractivity contribution in [2.75, 3.05) is 18.0 Å². The number of methoxy groups -OCH3 is 1. The molecule has 0 saturated carbocycles. The molecular formula is C30H30N2O4S. The van der Waals surface area contributed by atoms with Gasteiger partial charge in [0.1, 0.15) is 12.3 Å². The molecule has 7 heteroatoms. The van der Waals surface area contributed by atoms with Crippen molar-refractivity contribution < 1.29 is 17.9 Å². The summed E-state index contributed by atoms with van der Waals surface area (Å²) in [5.41, 5.74) is 4.00. The molecule has 1 N–H and O–H groups in total. The molecule has 0 aromatic heterocycles. The molecule has 1 unspecified atom stereocenters. The minimum atomic E-state index is -4.08. The van der Waals surface area contributed by atoms with Gasteiger partial charge in [0.05, 0.1) is 23.7 Å². The van der Waals surface area contributed by atoms with E-state index < -0.39 is 28.5 Å². The van der Waals surface area contributed by atoms with Crippen LogP contribution in [0.1, 0.15) is 28.3 Å². The SMILES string of the molecule is COc1ccc(C)cc1N(CC(=O)NC(c1ccccc1)c1cccc(C)c1)S(=O)(=O)c1ccccc1. The molecule has 4 rings (SSSR count). The van der Waals surface area contributed by atoms with Gasteiger partial charge in [0.15, 0.2) is 0 Å². The zero-order chi connectivity index (χ0) is 26.4. The molecular weight excluding hydrogens is 484 g/mol. The molecule has 0 aliphatic rings. The Kier molecular flexibility index (Phi) is 7.94. The summed E-state index contributed by atoms with van der Waals surface area (Å²) in [7, 11) is -2.60. The first kappa shape index (κ1) is 26.0. The van der Waals surface area contributed by atoms with Gasteiger partial charge in [-0.15, -0.1) is 0 Å². The van der Waals surface area contributed by atoms with Crippen molar-refractivity contribution in [2.45, 2.75) is 24.8 Å². The molecule has 190 valence electrons. The van der Waals surface area contributed by atoms with Crippen molar-refractivity contribution in [3.63, 3.8) is 0 Å². The molecule has 6 nitrogen and oxygen atoms in total. The quantitative estimate of drug-likeness (QED) is 0.324. The zero-order valence-electron chi connectivity index (χ0n) is 21.1. The lowest BCUT2D eigenvalue weighted by molar-refractivity contribution is -0.120. The molecule has 1 amide bonds. The van der Waals surface area contributed by atoms with E-state index >= 15 is 0 Å². The third kappa shape index (κ3) is 6.01. The molecule has 0 spiro atoms. The second-order valence-corrected chi connectivity index (χ2v) is 10.7. The van der Waals surface area contributed by atoms with Crippen LogP contribution in [0, 0.1) is 13.8 Å². The summed E-state index contributed by atoms with van der Waals surface area (Å²) in [6.45, 7) is 3.43. The lowest BCUT2D eigenvalue weighted by Crippen LogP contribution is -2.42. The van der Waals surface area contributed by atoms with E-state index in [1.807, 2.05) is 74.5 Å². The van der Waals surface area contributed by atoms with Crippen LogP contribution in [-0.2, 0) is 14.8 Å². The average molecular weight is 515 g/mol. The number of ether oxygens (including phenoxy) is 1. The third-order valence-electron chi connectivity index (χ3n) is 6.04. The summed E-state index contributed by atoms with van der Waals surface area (Å²) >= 11 is 0. The number of nitrogens with zero attached hydrogens (tertiary/aromatic N) is 1. The maximum absolute atomic E-state index is 13.8. The highest BCUT2D eigenvalue weighted by molar-refractivity contribution is 7.92. The number of sulfonamides is 1. The van der Waals surface area contributed by atoms with Gasteiger partial charge in [0.2, 0.25) is 5.91 Å². The first-order valence-corrected chi connectivity index (χ1v) is 13.4. The number of hydrogen-bond donors (Lipinski definition) is 1. The maximum atomic E-state index is 13.8. The number of nitrogens with one attached hydrogen (secondary N) is 1. The summed E-state index contributed by atoms with van der Waals surface area (Å²) in [4.78, 5) is 13.7. The number of carbonyl (C=O) groups is 1. The smallest absolute Gasteiger partial charge is 0.264 e. The van der Waals surface area contributed by atoms with Crippen LogP contribution in [-0.4, -0.2) is 28.0 Å². The Morgan fingerprint density at radius 1 is 0.811 bits per heavy atom. The number of benzene rings is 4. The lowest BCUT2D eigenvalue weighted by Gasteiger charge is -2.27. The largest absolute Gasteiger partial charge is 0.495 e. The number of aryl methyl sites for hydroxylation is 2. The Morgan fingerprint density at radius 3 is 2.08 bits per heavy atom. The molecule has 0 aliphatic carbocycles. The van der Waals surface area contributed by atoms with Crippen LogP contribution >= 0.6 is 0 Å². The lowest BCUT2D eigenvalue weighted by atomic mass is 9.97. The summed E-state index contributed by atoms with van der Waals surface area (Å²) in [6.07, 6.45) is 0. The first-order valence-electron chi connectivity index (χ1n) is 11.9. The third-order valence-corrected chi connectivity index (χ3v) is 7.81. The van der Waals surface area contributed by atoms with Crippen LogP contribution in [0.3, 0.4) is 0 Å². The van der Waals surface area contributed by atoms with Crippen molar-refractivity contribution in [2.24, 2.45) is 0 Å². The molecule has 37 heavy (non-hydrogen) atoms. The zero-order valence-corrected chi connectivity index (χ0v) is 21.9. The molecule has 0 heterocycles. The fraction of sp³-hybridized carbons (Fsp3) is 0.167. The van der Waals surface area contributed by atoms with E-state index in [1.165, 1.54) is 19.2 Å². The summed E-state index contributed by atoms with van der Waals surface area (Å²) in [5, 5.41) is 3.07. The van der Waals surface area contributed by atoms with Crippen molar-refractivity contribution in [1.82, 2.24) is 5.32 Å². The highest BCUT2D eigenvalue weighted by Gasteiger charge is 2.30. The van der Waals surface area contributed by atoms with Gasteiger partial charge in [-0.1, -0.05) is 84.4 Å². The van der Waals surface area contributed by atoms with Gasteiger partial charge in [0, 0.05) is 0 Å². The highest BCUT2D eigenvalue weighted by Crippen LogP contribution is 2.33. The van der Waals surface area contributed by atoms with Crippen LogP contribution < -0.4 is 14.4 Å². The second kappa shape index (κ2) is 11.3.